The quantitative estimate of drug-likeness (QED) is 0.765. The summed E-state index contributed by atoms with van der Waals surface area (Å²) in [5, 5.41) is 0. The molecule has 4 fully saturated rings. The highest BCUT2D eigenvalue weighted by molar-refractivity contribution is 7.89. The molecule has 146 valence electrons. The molecule has 1 aromatic carbocycles. The molecule has 7 nitrogen and oxygen atoms in total. The molecule has 1 heterocycles. The molecule has 8 heteroatoms. The van der Waals surface area contributed by atoms with Crippen molar-refractivity contribution in [3.63, 3.8) is 0 Å². The van der Waals surface area contributed by atoms with Crippen molar-refractivity contribution in [1.29, 1.82) is 0 Å². The highest BCUT2D eigenvalue weighted by Crippen LogP contribution is 2.60. The van der Waals surface area contributed by atoms with E-state index in [0.717, 1.165) is 19.3 Å². The molecule has 27 heavy (non-hydrogen) atoms. The molecule has 5 aliphatic rings. The Morgan fingerprint density at radius 2 is 1.56 bits per heavy atom. The molecule has 2 N–H and O–H groups in total. The summed E-state index contributed by atoms with van der Waals surface area (Å²) in [5.41, 5.74) is 2.11. The topological polar surface area (TPSA) is 93.7 Å². The molecular weight excluding hydrogens is 368 g/mol. The first kappa shape index (κ1) is 17.3. The number of hydrogen-bond donors (Lipinski definition) is 2. The average Bonchev–Trinajstić information content (AvgIpc) is 2.64. The van der Waals surface area contributed by atoms with Gasteiger partial charge in [0, 0.05) is 6.07 Å². The van der Waals surface area contributed by atoms with Crippen molar-refractivity contribution in [1.82, 2.24) is 10.3 Å². The highest BCUT2D eigenvalue weighted by atomic mass is 32.2. The van der Waals surface area contributed by atoms with Crippen molar-refractivity contribution < 1.29 is 22.7 Å². The fraction of sp³-hybridized carbons (Fsp3) is 0.632. The summed E-state index contributed by atoms with van der Waals surface area (Å²) < 4.78 is 36.1. The lowest BCUT2D eigenvalue weighted by atomic mass is 9.49. The first-order chi connectivity index (χ1) is 12.9. The van der Waals surface area contributed by atoms with Gasteiger partial charge in [-0.1, -0.05) is 0 Å². The van der Waals surface area contributed by atoms with Crippen molar-refractivity contribution in [2.75, 3.05) is 13.2 Å². The van der Waals surface area contributed by atoms with E-state index in [2.05, 4.69) is 10.3 Å². The number of sulfonamides is 1. The monoisotopic (exact) mass is 392 g/mol. The smallest absolute Gasteiger partial charge is 0.257 e. The van der Waals surface area contributed by atoms with Gasteiger partial charge in [-0.25, -0.2) is 8.42 Å². The summed E-state index contributed by atoms with van der Waals surface area (Å²) in [6.45, 7) is 0.825. The molecule has 1 aromatic rings. The molecule has 0 unspecified atom stereocenters. The van der Waals surface area contributed by atoms with Crippen LogP contribution in [0.5, 0.6) is 11.5 Å². The Balaban J connectivity index is 1.30. The normalized spacial score (nSPS) is 33.7. The van der Waals surface area contributed by atoms with Gasteiger partial charge in [0.15, 0.2) is 11.5 Å². The van der Waals surface area contributed by atoms with Crippen LogP contribution in [0.3, 0.4) is 0 Å². The van der Waals surface area contributed by atoms with Crippen molar-refractivity contribution in [3.05, 3.63) is 18.2 Å². The maximum absolute atomic E-state index is 12.9. The van der Waals surface area contributed by atoms with E-state index in [4.69, 9.17) is 9.47 Å². The lowest BCUT2D eigenvalue weighted by Gasteiger charge is -2.55. The van der Waals surface area contributed by atoms with Crippen molar-refractivity contribution >= 4 is 15.9 Å². The lowest BCUT2D eigenvalue weighted by Crippen LogP contribution is -2.56. The summed E-state index contributed by atoms with van der Waals surface area (Å²) in [4.78, 5) is 15.2. The van der Waals surface area contributed by atoms with Crippen LogP contribution in [0.4, 0.5) is 0 Å². The first-order valence-corrected chi connectivity index (χ1v) is 11.1. The molecule has 1 aliphatic heterocycles. The summed E-state index contributed by atoms with van der Waals surface area (Å²) in [6.07, 6.45) is 6.35. The SMILES string of the molecule is O=C(NNS(=O)(=O)c1ccc2c(c1)OCCO2)C12CC3CC(CC(C3)C1)C2. The Kier molecular flexibility index (Phi) is 3.91. The van der Waals surface area contributed by atoms with Gasteiger partial charge in [0.2, 0.25) is 5.91 Å². The minimum atomic E-state index is -3.88. The van der Waals surface area contributed by atoms with Crippen LogP contribution in [0.2, 0.25) is 0 Å². The molecular formula is C19H24N2O5S. The Morgan fingerprint density at radius 3 is 2.19 bits per heavy atom. The lowest BCUT2D eigenvalue weighted by molar-refractivity contribution is -0.146. The fourth-order valence-electron chi connectivity index (χ4n) is 5.88. The Hall–Kier alpha value is -1.80. The number of carbonyl (C=O) groups excluding carboxylic acids is 1. The number of amides is 1. The van der Waals surface area contributed by atoms with Crippen molar-refractivity contribution in [3.8, 4) is 11.5 Å². The van der Waals surface area contributed by atoms with E-state index in [0.29, 0.717) is 42.5 Å². The molecule has 6 rings (SSSR count). The maximum Gasteiger partial charge on any atom is 0.257 e. The number of ether oxygens (including phenoxy) is 2. The largest absolute Gasteiger partial charge is 0.486 e. The Bertz CT molecular complexity index is 847. The van der Waals surface area contributed by atoms with E-state index in [1.54, 1.807) is 6.07 Å². The number of benzene rings is 1. The zero-order valence-electron chi connectivity index (χ0n) is 15.1. The summed E-state index contributed by atoms with van der Waals surface area (Å²) in [5.74, 6) is 2.61. The van der Waals surface area contributed by atoms with Gasteiger partial charge in [0.1, 0.15) is 13.2 Å². The van der Waals surface area contributed by atoms with Gasteiger partial charge in [-0.05, 0) is 68.4 Å². The number of rotatable bonds is 4. The molecule has 0 radical (unpaired) electrons. The fourth-order valence-corrected chi connectivity index (χ4v) is 6.74. The maximum atomic E-state index is 12.9. The molecule has 0 saturated heterocycles. The van der Waals surface area contributed by atoms with Crippen molar-refractivity contribution in [2.24, 2.45) is 23.2 Å². The molecule has 0 spiro atoms. The van der Waals surface area contributed by atoms with E-state index in [-0.39, 0.29) is 10.8 Å². The van der Waals surface area contributed by atoms with Gasteiger partial charge >= 0.3 is 0 Å². The van der Waals surface area contributed by atoms with Crippen LogP contribution in [0.25, 0.3) is 0 Å². The van der Waals surface area contributed by atoms with Crippen LogP contribution in [-0.4, -0.2) is 27.5 Å². The number of fused-ring (bicyclic) bond motifs is 1. The third kappa shape index (κ3) is 2.99. The third-order valence-electron chi connectivity index (χ3n) is 6.64. The van der Waals surface area contributed by atoms with Gasteiger partial charge in [-0.3, -0.25) is 10.2 Å². The van der Waals surface area contributed by atoms with Crippen LogP contribution < -0.4 is 19.7 Å². The molecule has 0 atom stereocenters. The number of hydrogen-bond acceptors (Lipinski definition) is 5. The molecule has 4 bridgehead atoms. The van der Waals surface area contributed by atoms with Crippen molar-refractivity contribution in [2.45, 2.75) is 43.4 Å². The van der Waals surface area contributed by atoms with Gasteiger partial charge in [-0.15, -0.1) is 4.83 Å². The van der Waals surface area contributed by atoms with E-state index in [9.17, 15) is 13.2 Å². The second kappa shape index (κ2) is 6.10. The second-order valence-electron chi connectivity index (χ2n) is 8.56. The van der Waals surface area contributed by atoms with Crippen LogP contribution >= 0.6 is 0 Å². The van der Waals surface area contributed by atoms with E-state index >= 15 is 0 Å². The zero-order valence-corrected chi connectivity index (χ0v) is 15.9. The molecule has 1 amide bonds. The molecule has 0 aromatic heterocycles. The summed E-state index contributed by atoms with van der Waals surface area (Å²) in [7, 11) is -3.88. The standard InChI is InChI=1S/C19H24N2O5S/c22-18(19-9-12-5-13(10-19)7-14(6-12)11-19)20-21-27(23,24)15-1-2-16-17(8-15)26-4-3-25-16/h1-2,8,12-14,21H,3-7,9-11H2,(H,20,22). The third-order valence-corrected chi connectivity index (χ3v) is 7.89. The van der Waals surface area contributed by atoms with E-state index in [1.165, 1.54) is 31.4 Å². The average molecular weight is 392 g/mol. The number of hydrazine groups is 1. The Labute approximate surface area is 158 Å². The minimum absolute atomic E-state index is 0.0394. The molecule has 4 saturated carbocycles. The van der Waals surface area contributed by atoms with Crippen LogP contribution in [0, 0.1) is 23.2 Å². The Morgan fingerprint density at radius 1 is 0.963 bits per heavy atom. The zero-order chi connectivity index (χ0) is 18.6. The number of carbonyl (C=O) groups is 1. The van der Waals surface area contributed by atoms with Crippen LogP contribution in [0.15, 0.2) is 23.1 Å². The minimum Gasteiger partial charge on any atom is -0.486 e. The van der Waals surface area contributed by atoms with Crippen LogP contribution in [0.1, 0.15) is 38.5 Å². The summed E-state index contributed by atoms with van der Waals surface area (Å²) >= 11 is 0. The van der Waals surface area contributed by atoms with Gasteiger partial charge in [-0.2, -0.15) is 0 Å². The first-order valence-electron chi connectivity index (χ1n) is 9.65. The number of nitrogens with one attached hydrogen (secondary N) is 2. The molecule has 4 aliphatic carbocycles. The van der Waals surface area contributed by atoms with Crippen LogP contribution in [-0.2, 0) is 14.8 Å². The summed E-state index contributed by atoms with van der Waals surface area (Å²) in [6, 6.07) is 4.45. The van der Waals surface area contributed by atoms with Gasteiger partial charge in [0.05, 0.1) is 10.3 Å². The van der Waals surface area contributed by atoms with Gasteiger partial charge in [0.25, 0.3) is 10.0 Å². The van der Waals surface area contributed by atoms with Gasteiger partial charge < -0.3 is 9.47 Å². The predicted molar refractivity (Wildman–Crippen MR) is 96.5 cm³/mol. The van der Waals surface area contributed by atoms with E-state index in [1.807, 2.05) is 0 Å². The second-order valence-corrected chi connectivity index (χ2v) is 10.2. The predicted octanol–water partition coefficient (Wildman–Crippen LogP) is 1.98. The van der Waals surface area contributed by atoms with E-state index < -0.39 is 15.4 Å². The highest BCUT2D eigenvalue weighted by Gasteiger charge is 2.54.